The van der Waals surface area contributed by atoms with E-state index in [-0.39, 0.29) is 28.6 Å². The van der Waals surface area contributed by atoms with Gasteiger partial charge in [0.15, 0.2) is 5.49 Å². The van der Waals surface area contributed by atoms with E-state index in [2.05, 4.69) is 9.98 Å². The van der Waals surface area contributed by atoms with E-state index in [1.807, 2.05) is 6.92 Å². The third-order valence-electron chi connectivity index (χ3n) is 4.96. The van der Waals surface area contributed by atoms with Gasteiger partial charge in [0.05, 0.1) is 16.9 Å². The quantitative estimate of drug-likeness (QED) is 0.331. The van der Waals surface area contributed by atoms with Crippen LogP contribution in [0.2, 0.25) is 0 Å². The minimum absolute atomic E-state index is 0.0649. The van der Waals surface area contributed by atoms with Gasteiger partial charge in [-0.3, -0.25) is 14.0 Å². The highest BCUT2D eigenvalue weighted by Crippen LogP contribution is 2.14. The molecule has 0 aliphatic rings. The molecule has 4 aromatic rings. The highest BCUT2D eigenvalue weighted by molar-refractivity contribution is 7.12. The average Bonchev–Trinajstić information content (AvgIpc) is 3.34. The van der Waals surface area contributed by atoms with Crippen molar-refractivity contribution in [1.29, 1.82) is 0 Å². The summed E-state index contributed by atoms with van der Waals surface area (Å²) < 4.78 is 8.34. The first-order valence-electron chi connectivity index (χ1n) is 10.4. The fraction of sp³-hybridized carbons (Fsp3) is 0.261. The molecule has 1 amide bonds. The number of esters is 1. The summed E-state index contributed by atoms with van der Waals surface area (Å²) in [6.07, 6.45) is 3.24. The van der Waals surface area contributed by atoms with Crippen molar-refractivity contribution in [3.05, 3.63) is 74.3 Å². The van der Waals surface area contributed by atoms with Crippen molar-refractivity contribution >= 4 is 39.9 Å². The van der Waals surface area contributed by atoms with Crippen molar-refractivity contribution in [3.8, 4) is 0 Å². The maximum Gasteiger partial charge on any atom is 0.341 e. The van der Waals surface area contributed by atoms with Crippen molar-refractivity contribution in [2.45, 2.75) is 33.2 Å². The van der Waals surface area contributed by atoms with E-state index in [0.29, 0.717) is 22.7 Å². The Bertz CT molecular complexity index is 1430. The van der Waals surface area contributed by atoms with Crippen LogP contribution in [0.1, 0.15) is 46.7 Å². The summed E-state index contributed by atoms with van der Waals surface area (Å²) >= 11 is 1.27. The third-order valence-corrected chi connectivity index (χ3v) is 5.82. The molecule has 4 heterocycles. The van der Waals surface area contributed by atoms with Crippen LogP contribution in [0.4, 0.5) is 0 Å². The Morgan fingerprint density at radius 2 is 2.03 bits per heavy atom. The van der Waals surface area contributed by atoms with Gasteiger partial charge in [0, 0.05) is 12.7 Å². The fourth-order valence-corrected chi connectivity index (χ4v) is 4.04. The Hall–Kier alpha value is -3.59. The van der Waals surface area contributed by atoms with E-state index >= 15 is 0 Å². The molecule has 0 unspecified atom stereocenters. The number of aryl methyl sites for hydroxylation is 1. The molecule has 0 radical (unpaired) electrons. The Morgan fingerprint density at radius 3 is 2.75 bits per heavy atom. The Balaban J connectivity index is 2.13. The molecule has 0 atom stereocenters. The number of thiophene rings is 1. The zero-order chi connectivity index (χ0) is 22.7. The van der Waals surface area contributed by atoms with Crippen molar-refractivity contribution < 1.29 is 14.3 Å². The highest BCUT2D eigenvalue weighted by Gasteiger charge is 2.20. The van der Waals surface area contributed by atoms with E-state index < -0.39 is 11.9 Å². The summed E-state index contributed by atoms with van der Waals surface area (Å²) in [7, 11) is 0. The lowest BCUT2D eigenvalue weighted by atomic mass is 10.2. The molecule has 164 valence electrons. The van der Waals surface area contributed by atoms with E-state index in [0.717, 1.165) is 12.8 Å². The van der Waals surface area contributed by atoms with Gasteiger partial charge in [0.1, 0.15) is 16.9 Å². The fourth-order valence-electron chi connectivity index (χ4n) is 3.44. The van der Waals surface area contributed by atoms with Crippen molar-refractivity contribution in [2.75, 3.05) is 6.61 Å². The molecule has 8 nitrogen and oxygen atoms in total. The van der Waals surface area contributed by atoms with E-state index in [1.165, 1.54) is 21.8 Å². The van der Waals surface area contributed by atoms with E-state index in [9.17, 15) is 14.4 Å². The number of carbonyl (C=O) groups is 2. The number of carbonyl (C=O) groups excluding carboxylic acids is 2. The Morgan fingerprint density at radius 1 is 1.19 bits per heavy atom. The lowest BCUT2D eigenvalue weighted by Crippen LogP contribution is -2.32. The van der Waals surface area contributed by atoms with Crippen LogP contribution in [-0.2, 0) is 11.3 Å². The molecular formula is C23H22N4O4S. The summed E-state index contributed by atoms with van der Waals surface area (Å²) in [5.74, 6) is -1.11. The standard InChI is InChI=1S/C23H22N4O4S/c1-3-5-11-27-19-15(22(29)26-12-7-6-10-18(26)24-19)14-16(23(30)31-4-2)20(27)25-21(28)17-9-8-13-32-17/h6-10,12-14H,3-5,11H2,1-2H3. The van der Waals surface area contributed by atoms with E-state index in [4.69, 9.17) is 4.74 Å². The van der Waals surface area contributed by atoms with Gasteiger partial charge in [-0.05, 0) is 43.0 Å². The molecule has 0 aromatic carbocycles. The van der Waals surface area contributed by atoms with Gasteiger partial charge in [-0.2, -0.15) is 4.99 Å². The van der Waals surface area contributed by atoms with Gasteiger partial charge >= 0.3 is 5.97 Å². The molecular weight excluding hydrogens is 428 g/mol. The lowest BCUT2D eigenvalue weighted by Gasteiger charge is -2.14. The number of rotatable bonds is 6. The summed E-state index contributed by atoms with van der Waals surface area (Å²) in [4.78, 5) is 48.3. The summed E-state index contributed by atoms with van der Waals surface area (Å²) in [6.45, 7) is 4.32. The van der Waals surface area contributed by atoms with Crippen molar-refractivity contribution in [3.63, 3.8) is 0 Å². The highest BCUT2D eigenvalue weighted by atomic mass is 32.1. The van der Waals surface area contributed by atoms with Gasteiger partial charge in [-0.25, -0.2) is 9.78 Å². The molecule has 0 spiro atoms. The summed E-state index contributed by atoms with van der Waals surface area (Å²) in [6, 6.07) is 10.1. The topological polar surface area (TPSA) is 95.0 Å². The second kappa shape index (κ2) is 9.27. The normalized spacial score (nSPS) is 11.9. The number of aromatic nitrogens is 3. The summed E-state index contributed by atoms with van der Waals surface area (Å²) in [5.41, 5.74) is 0.748. The largest absolute Gasteiger partial charge is 0.462 e. The second-order valence-corrected chi connectivity index (χ2v) is 8.03. The van der Waals surface area contributed by atoms with Crippen LogP contribution >= 0.6 is 11.3 Å². The number of amides is 1. The number of unbranched alkanes of at least 4 members (excludes halogenated alkanes) is 1. The predicted octanol–water partition coefficient (Wildman–Crippen LogP) is 3.43. The smallest absolute Gasteiger partial charge is 0.341 e. The second-order valence-electron chi connectivity index (χ2n) is 7.08. The van der Waals surface area contributed by atoms with Gasteiger partial charge in [-0.1, -0.05) is 25.5 Å². The van der Waals surface area contributed by atoms with Gasteiger partial charge in [0.25, 0.3) is 11.5 Å². The van der Waals surface area contributed by atoms with E-state index in [1.54, 1.807) is 53.4 Å². The lowest BCUT2D eigenvalue weighted by molar-refractivity contribution is 0.0523. The minimum Gasteiger partial charge on any atom is -0.462 e. The zero-order valence-corrected chi connectivity index (χ0v) is 18.6. The van der Waals surface area contributed by atoms with Gasteiger partial charge < -0.3 is 9.30 Å². The van der Waals surface area contributed by atoms with Gasteiger partial charge in [0.2, 0.25) is 0 Å². The number of ether oxygens (including phenoxy) is 1. The molecule has 32 heavy (non-hydrogen) atoms. The van der Waals surface area contributed by atoms with Gasteiger partial charge in [-0.15, -0.1) is 11.3 Å². The van der Waals surface area contributed by atoms with Crippen LogP contribution in [-0.4, -0.2) is 32.4 Å². The van der Waals surface area contributed by atoms with Crippen LogP contribution in [0.5, 0.6) is 0 Å². The molecule has 0 bridgehead atoms. The molecule has 0 aliphatic carbocycles. The maximum absolute atomic E-state index is 13.2. The monoisotopic (exact) mass is 450 g/mol. The predicted molar refractivity (Wildman–Crippen MR) is 122 cm³/mol. The molecule has 0 saturated carbocycles. The molecule has 0 saturated heterocycles. The van der Waals surface area contributed by atoms with Crippen LogP contribution in [0.3, 0.4) is 0 Å². The molecule has 0 aliphatic heterocycles. The number of hydrogen-bond donors (Lipinski definition) is 0. The first kappa shape index (κ1) is 21.6. The molecule has 9 heteroatoms. The zero-order valence-electron chi connectivity index (χ0n) is 17.8. The number of fused-ring (bicyclic) bond motifs is 2. The van der Waals surface area contributed by atoms with Crippen LogP contribution in [0.25, 0.3) is 16.7 Å². The SMILES string of the molecule is CCCCn1c(=NC(=O)c2cccs2)c(C(=O)OCC)cc2c(=O)n3ccccc3nc21. The molecule has 0 N–H and O–H groups in total. The van der Waals surface area contributed by atoms with Crippen LogP contribution < -0.4 is 11.0 Å². The molecule has 0 fully saturated rings. The van der Waals surface area contributed by atoms with Crippen molar-refractivity contribution in [2.24, 2.45) is 4.99 Å². The van der Waals surface area contributed by atoms with Crippen LogP contribution in [0, 0.1) is 0 Å². The molecule has 4 aromatic heterocycles. The Labute approximate surface area is 187 Å². The average molecular weight is 451 g/mol. The summed E-state index contributed by atoms with van der Waals surface area (Å²) in [5, 5.41) is 2.05. The number of nitrogens with zero attached hydrogens (tertiary/aromatic N) is 4. The Kier molecular flexibility index (Phi) is 6.27. The third kappa shape index (κ3) is 3.99. The first-order chi connectivity index (χ1) is 15.5. The number of pyridine rings is 2. The van der Waals surface area contributed by atoms with Crippen LogP contribution in [0.15, 0.2) is 57.8 Å². The number of hydrogen-bond acceptors (Lipinski definition) is 6. The minimum atomic E-state index is -0.644. The first-order valence-corrected chi connectivity index (χ1v) is 11.3. The molecule has 4 rings (SSSR count). The van der Waals surface area contributed by atoms with Crippen molar-refractivity contribution in [1.82, 2.24) is 14.0 Å². The maximum atomic E-state index is 13.2.